The van der Waals surface area contributed by atoms with Crippen LogP contribution in [0.2, 0.25) is 10.0 Å². The van der Waals surface area contributed by atoms with Crippen LogP contribution in [0.1, 0.15) is 17.3 Å². The number of nitrogens with zero attached hydrogens (tertiary/aromatic N) is 2. The van der Waals surface area contributed by atoms with E-state index >= 15 is 0 Å². The zero-order chi connectivity index (χ0) is 20.8. The molecule has 3 aromatic rings. The molecule has 0 saturated carbocycles. The molecule has 0 bridgehead atoms. The Bertz CT molecular complexity index is 1210. The molecule has 0 saturated heterocycles. The fourth-order valence-corrected chi connectivity index (χ4v) is 4.84. The average Bonchev–Trinajstić information content (AvgIpc) is 3.15. The van der Waals surface area contributed by atoms with Gasteiger partial charge >= 0.3 is 0 Å². The van der Waals surface area contributed by atoms with Gasteiger partial charge in [-0.15, -0.1) is 0 Å². The number of aliphatic imine (C=N–C) groups is 1. The van der Waals surface area contributed by atoms with Gasteiger partial charge in [-0.3, -0.25) is 4.72 Å². The Balaban J connectivity index is 1.57. The second-order valence-electron chi connectivity index (χ2n) is 6.46. The highest BCUT2D eigenvalue weighted by molar-refractivity contribution is 7.92. The van der Waals surface area contributed by atoms with Crippen molar-refractivity contribution in [2.45, 2.75) is 18.0 Å². The third-order valence-corrected chi connectivity index (χ3v) is 6.77. The zero-order valence-corrected chi connectivity index (χ0v) is 17.5. The fourth-order valence-electron chi connectivity index (χ4n) is 2.95. The molecule has 0 aliphatic carbocycles. The number of fused-ring (bicyclic) bond motifs is 1. The summed E-state index contributed by atoms with van der Waals surface area (Å²) in [5, 5.41) is 0.453. The molecule has 10 heteroatoms. The first-order chi connectivity index (χ1) is 13.8. The number of hydrogen-bond acceptors (Lipinski definition) is 6. The first-order valence-electron chi connectivity index (χ1n) is 8.50. The highest BCUT2D eigenvalue weighted by atomic mass is 35.5. The van der Waals surface area contributed by atoms with Gasteiger partial charge in [0.1, 0.15) is 17.4 Å². The van der Waals surface area contributed by atoms with Crippen molar-refractivity contribution >= 4 is 56.8 Å². The Morgan fingerprint density at radius 1 is 1.14 bits per heavy atom. The van der Waals surface area contributed by atoms with Crippen molar-refractivity contribution in [1.29, 1.82) is 0 Å². The predicted molar refractivity (Wildman–Crippen MR) is 115 cm³/mol. The molecular weight excluding hydrogens is 435 g/mol. The lowest BCUT2D eigenvalue weighted by Gasteiger charge is -2.29. The molecule has 0 radical (unpaired) electrons. The van der Waals surface area contributed by atoms with Crippen molar-refractivity contribution in [2.75, 3.05) is 9.62 Å². The van der Waals surface area contributed by atoms with Crippen LogP contribution in [-0.2, 0) is 10.0 Å². The SMILES string of the molecule is Cc1cc(S(=O)(=O)Nc2ccc(N3C=Nc4occc4C3N)cc2)c(Cl)cc1Cl. The molecular formula is C19H16Cl2N4O3S. The van der Waals surface area contributed by atoms with Crippen LogP contribution in [0, 0.1) is 6.92 Å². The highest BCUT2D eigenvalue weighted by Gasteiger charge is 2.25. The third-order valence-electron chi connectivity index (χ3n) is 4.51. The molecule has 4 rings (SSSR count). The van der Waals surface area contributed by atoms with Gasteiger partial charge < -0.3 is 15.1 Å². The largest absolute Gasteiger partial charge is 0.446 e. The first kappa shape index (κ1) is 19.8. The molecule has 1 atom stereocenters. The summed E-state index contributed by atoms with van der Waals surface area (Å²) in [6.45, 7) is 1.71. The number of anilines is 2. The normalized spacial score (nSPS) is 16.0. The van der Waals surface area contributed by atoms with Crippen molar-refractivity contribution in [3.63, 3.8) is 0 Å². The second-order valence-corrected chi connectivity index (χ2v) is 8.93. The van der Waals surface area contributed by atoms with Crippen LogP contribution in [0.5, 0.6) is 0 Å². The summed E-state index contributed by atoms with van der Waals surface area (Å²) in [7, 11) is -3.88. The minimum Gasteiger partial charge on any atom is -0.446 e. The summed E-state index contributed by atoms with van der Waals surface area (Å²) in [4.78, 5) is 5.95. The van der Waals surface area contributed by atoms with Crippen molar-refractivity contribution < 1.29 is 12.8 Å². The Labute approximate surface area is 177 Å². The summed E-state index contributed by atoms with van der Waals surface area (Å²) in [6, 6.07) is 11.4. The van der Waals surface area contributed by atoms with E-state index in [-0.39, 0.29) is 9.92 Å². The molecule has 1 aliphatic rings. The van der Waals surface area contributed by atoms with Gasteiger partial charge in [-0.05, 0) is 55.0 Å². The molecule has 2 aromatic carbocycles. The van der Waals surface area contributed by atoms with Crippen LogP contribution in [0.15, 0.2) is 63.0 Å². The number of hydrogen-bond donors (Lipinski definition) is 2. The van der Waals surface area contributed by atoms with Crippen molar-refractivity contribution in [1.82, 2.24) is 0 Å². The van der Waals surface area contributed by atoms with Crippen LogP contribution in [0.25, 0.3) is 0 Å². The van der Waals surface area contributed by atoms with E-state index < -0.39 is 16.2 Å². The van der Waals surface area contributed by atoms with E-state index in [1.165, 1.54) is 18.4 Å². The molecule has 150 valence electrons. The van der Waals surface area contributed by atoms with Crippen molar-refractivity contribution in [2.24, 2.45) is 10.7 Å². The van der Waals surface area contributed by atoms with Gasteiger partial charge in [-0.25, -0.2) is 13.4 Å². The highest BCUT2D eigenvalue weighted by Crippen LogP contribution is 2.34. The van der Waals surface area contributed by atoms with E-state index in [1.54, 1.807) is 48.5 Å². The van der Waals surface area contributed by atoms with Gasteiger partial charge in [0, 0.05) is 16.4 Å². The second kappa shape index (κ2) is 7.38. The van der Waals surface area contributed by atoms with Crippen molar-refractivity contribution in [3.05, 3.63) is 69.9 Å². The molecule has 1 aliphatic heterocycles. The molecule has 29 heavy (non-hydrogen) atoms. The predicted octanol–water partition coefficient (Wildman–Crippen LogP) is 4.83. The molecule has 0 amide bonds. The van der Waals surface area contributed by atoms with Crippen LogP contribution in [-0.4, -0.2) is 14.8 Å². The summed E-state index contributed by atoms with van der Waals surface area (Å²) in [6.07, 6.45) is 2.65. The molecule has 1 aromatic heterocycles. The van der Waals surface area contributed by atoms with Gasteiger partial charge in [0.05, 0.1) is 16.8 Å². The number of nitrogens with two attached hydrogens (primary N) is 1. The lowest BCUT2D eigenvalue weighted by molar-refractivity contribution is 0.567. The molecule has 3 N–H and O–H groups in total. The van der Waals surface area contributed by atoms with Crippen LogP contribution in [0.4, 0.5) is 17.3 Å². The smallest absolute Gasteiger partial charge is 0.263 e. The molecule has 7 nitrogen and oxygen atoms in total. The lowest BCUT2D eigenvalue weighted by Crippen LogP contribution is -2.35. The number of halogens is 2. The van der Waals surface area contributed by atoms with Crippen LogP contribution < -0.4 is 15.4 Å². The van der Waals surface area contributed by atoms with E-state index in [4.69, 9.17) is 33.4 Å². The maximum absolute atomic E-state index is 12.7. The lowest BCUT2D eigenvalue weighted by atomic mass is 10.2. The number of furan rings is 1. The molecule has 0 spiro atoms. The van der Waals surface area contributed by atoms with Gasteiger partial charge in [0.25, 0.3) is 10.0 Å². The van der Waals surface area contributed by atoms with Crippen molar-refractivity contribution in [3.8, 4) is 0 Å². The Morgan fingerprint density at radius 3 is 2.59 bits per heavy atom. The molecule has 1 unspecified atom stereocenters. The summed E-state index contributed by atoms with van der Waals surface area (Å²) in [5.74, 6) is 0.480. The monoisotopic (exact) mass is 450 g/mol. The number of aryl methyl sites for hydroxylation is 1. The van der Waals surface area contributed by atoms with Gasteiger partial charge in [-0.1, -0.05) is 23.2 Å². The third kappa shape index (κ3) is 3.72. The molecule has 2 heterocycles. The van der Waals surface area contributed by atoms with E-state index in [9.17, 15) is 8.42 Å². The average molecular weight is 451 g/mol. The number of nitrogens with one attached hydrogen (secondary N) is 1. The van der Waals surface area contributed by atoms with E-state index in [2.05, 4.69) is 9.71 Å². The number of sulfonamides is 1. The van der Waals surface area contributed by atoms with Gasteiger partial charge in [0.2, 0.25) is 5.88 Å². The van der Waals surface area contributed by atoms with Crippen LogP contribution >= 0.6 is 23.2 Å². The molecule has 0 fully saturated rings. The van der Waals surface area contributed by atoms with E-state index in [1.807, 2.05) is 0 Å². The van der Waals surface area contributed by atoms with E-state index in [0.717, 1.165) is 11.3 Å². The topological polar surface area (TPSA) is 101 Å². The van der Waals surface area contributed by atoms with Gasteiger partial charge in [0.15, 0.2) is 0 Å². The summed E-state index contributed by atoms with van der Waals surface area (Å²) < 4.78 is 33.2. The Hall–Kier alpha value is -2.52. The minimum atomic E-state index is -3.88. The first-order valence-corrected chi connectivity index (χ1v) is 10.7. The maximum Gasteiger partial charge on any atom is 0.263 e. The van der Waals surface area contributed by atoms with Crippen LogP contribution in [0.3, 0.4) is 0 Å². The standard InChI is InChI=1S/C19H16Cl2N4O3S/c1-11-8-17(16(21)9-15(11)20)29(26,27)24-12-2-4-13(5-3-12)25-10-23-19-14(18(25)22)6-7-28-19/h2-10,18,24H,22H2,1H3. The summed E-state index contributed by atoms with van der Waals surface area (Å²) in [5.41, 5.74) is 8.77. The van der Waals surface area contributed by atoms with Gasteiger partial charge in [-0.2, -0.15) is 0 Å². The quantitative estimate of drug-likeness (QED) is 0.592. The fraction of sp³-hybridized carbons (Fsp3) is 0.105. The number of rotatable bonds is 4. The Morgan fingerprint density at radius 2 is 1.86 bits per heavy atom. The van der Waals surface area contributed by atoms with E-state index in [0.29, 0.717) is 22.2 Å². The minimum absolute atomic E-state index is 0.0391. The Kier molecular flexibility index (Phi) is 5.04. The zero-order valence-electron chi connectivity index (χ0n) is 15.1. The number of benzene rings is 2. The summed E-state index contributed by atoms with van der Waals surface area (Å²) >= 11 is 12.1. The maximum atomic E-state index is 12.7.